The van der Waals surface area contributed by atoms with Gasteiger partial charge in [0, 0.05) is 0 Å². The summed E-state index contributed by atoms with van der Waals surface area (Å²) < 4.78 is 3.91. The Balaban J connectivity index is 2.32. The highest BCUT2D eigenvalue weighted by Crippen LogP contribution is 2.35. The minimum atomic E-state index is -1.40. The van der Waals surface area contributed by atoms with E-state index in [1.54, 1.807) is 22.6 Å². The molecule has 16 heavy (non-hydrogen) atoms. The molecule has 1 heterocycles. The Hall–Kier alpha value is -0.160. The number of hydrogen-bond donors (Lipinski definition) is 5. The first-order chi connectivity index (χ1) is 7.43. The summed E-state index contributed by atoms with van der Waals surface area (Å²) >= 11 is 1.70. The second-order valence-electron chi connectivity index (χ2n) is 3.96. The number of amides is 1. The van der Waals surface area contributed by atoms with E-state index in [-0.39, 0.29) is 0 Å². The summed E-state index contributed by atoms with van der Waals surface area (Å²) in [6.07, 6.45) is -5.90. The van der Waals surface area contributed by atoms with Gasteiger partial charge in [-0.1, -0.05) is 22.6 Å². The second kappa shape index (κ2) is 4.26. The summed E-state index contributed by atoms with van der Waals surface area (Å²) in [5.74, 6) is -0.660. The molecule has 2 aliphatic rings. The van der Waals surface area contributed by atoms with E-state index in [0.29, 0.717) is 0 Å². The van der Waals surface area contributed by atoms with Gasteiger partial charge in [-0.2, -0.15) is 0 Å². The van der Waals surface area contributed by atoms with Crippen LogP contribution in [-0.2, 0) is 4.74 Å². The van der Waals surface area contributed by atoms with E-state index in [2.05, 4.69) is 5.32 Å². The summed E-state index contributed by atoms with van der Waals surface area (Å²) in [5, 5.41) is 40.8. The van der Waals surface area contributed by atoms with E-state index < -0.39 is 46.6 Å². The van der Waals surface area contributed by atoms with Crippen LogP contribution < -0.4 is 5.32 Å². The first-order valence-electron chi connectivity index (χ1n) is 4.77. The lowest BCUT2D eigenvalue weighted by molar-refractivity contribution is -0.192. The van der Waals surface area contributed by atoms with Crippen molar-refractivity contribution in [3.8, 4) is 0 Å². The molecule has 0 aromatic rings. The summed E-state index contributed by atoms with van der Waals surface area (Å²) in [7, 11) is 0. The third kappa shape index (κ3) is 1.78. The predicted molar refractivity (Wildman–Crippen MR) is 58.7 cm³/mol. The molecular formula is C8H12INO6. The van der Waals surface area contributed by atoms with Crippen molar-refractivity contribution in [3.63, 3.8) is 0 Å². The molecule has 0 spiro atoms. The highest BCUT2D eigenvalue weighted by molar-refractivity contribution is 14.1. The molecule has 8 heteroatoms. The van der Waals surface area contributed by atoms with E-state index in [1.165, 1.54) is 0 Å². The fourth-order valence-electron chi connectivity index (χ4n) is 2.22. The van der Waals surface area contributed by atoms with Crippen LogP contribution in [0.25, 0.3) is 0 Å². The molecule has 0 aromatic heterocycles. The van der Waals surface area contributed by atoms with Crippen LogP contribution in [0.4, 0.5) is 4.79 Å². The molecule has 1 amide bonds. The van der Waals surface area contributed by atoms with Crippen molar-refractivity contribution in [1.29, 1.82) is 0 Å². The van der Waals surface area contributed by atoms with Gasteiger partial charge >= 0.3 is 6.09 Å². The van der Waals surface area contributed by atoms with Gasteiger partial charge in [-0.15, -0.1) is 0 Å². The second-order valence-corrected chi connectivity index (χ2v) is 5.24. The van der Waals surface area contributed by atoms with Gasteiger partial charge in [-0.25, -0.2) is 4.79 Å². The van der Waals surface area contributed by atoms with Crippen LogP contribution >= 0.6 is 22.6 Å². The number of nitrogens with one attached hydrogen (secondary N) is 1. The average Bonchev–Trinajstić information content (AvgIpc) is 2.22. The number of alkyl halides is 1. The van der Waals surface area contributed by atoms with Gasteiger partial charge in [-0.05, 0) is 0 Å². The monoisotopic (exact) mass is 345 g/mol. The van der Waals surface area contributed by atoms with E-state index in [9.17, 15) is 25.2 Å². The number of aliphatic hydroxyl groups is 4. The van der Waals surface area contributed by atoms with Crippen molar-refractivity contribution in [2.75, 3.05) is 0 Å². The van der Waals surface area contributed by atoms with Crippen molar-refractivity contribution in [1.82, 2.24) is 5.32 Å². The highest BCUT2D eigenvalue weighted by Gasteiger charge is 2.56. The van der Waals surface area contributed by atoms with Crippen LogP contribution in [-0.4, -0.2) is 61.1 Å². The Bertz CT molecular complexity index is 278. The van der Waals surface area contributed by atoms with Crippen molar-refractivity contribution in [3.05, 3.63) is 0 Å². The summed E-state index contributed by atoms with van der Waals surface area (Å²) in [5.41, 5.74) is 0. The van der Waals surface area contributed by atoms with Crippen molar-refractivity contribution in [2.45, 2.75) is 34.6 Å². The molecular weight excluding hydrogens is 333 g/mol. The predicted octanol–water partition coefficient (Wildman–Crippen LogP) is -2.07. The number of fused-ring (bicyclic) bond motifs is 2. The first-order valence-corrected chi connectivity index (χ1v) is 6.01. The van der Waals surface area contributed by atoms with E-state index >= 15 is 0 Å². The van der Waals surface area contributed by atoms with E-state index in [0.717, 1.165) is 0 Å². The number of alkyl carbamates (subject to hydrolysis) is 1. The summed E-state index contributed by atoms with van der Waals surface area (Å²) in [6, 6.07) is -0.823. The average molecular weight is 345 g/mol. The third-order valence-electron chi connectivity index (χ3n) is 3.04. The van der Waals surface area contributed by atoms with Crippen LogP contribution in [0.15, 0.2) is 0 Å². The van der Waals surface area contributed by atoms with Gasteiger partial charge < -0.3 is 30.5 Å². The van der Waals surface area contributed by atoms with Gasteiger partial charge in [0.25, 0.3) is 0 Å². The van der Waals surface area contributed by atoms with Crippen LogP contribution in [0.2, 0.25) is 0 Å². The quantitative estimate of drug-likeness (QED) is 0.275. The summed E-state index contributed by atoms with van der Waals surface area (Å²) in [4.78, 5) is 11.1. The maximum absolute atomic E-state index is 11.1. The molecule has 0 aromatic carbocycles. The minimum Gasteiger partial charge on any atom is -0.443 e. The van der Waals surface area contributed by atoms with E-state index in [4.69, 9.17) is 4.74 Å². The zero-order chi connectivity index (χ0) is 12.0. The van der Waals surface area contributed by atoms with Crippen molar-refractivity contribution in [2.24, 2.45) is 5.92 Å². The van der Waals surface area contributed by atoms with Gasteiger partial charge in [0.1, 0.15) is 28.5 Å². The smallest absolute Gasteiger partial charge is 0.407 e. The zero-order valence-corrected chi connectivity index (χ0v) is 10.2. The minimum absolute atomic E-state index is 0.660. The standard InChI is InChI=1S/C8H12INO6/c9-7(14)1-2-3(11)4(12)5(13)6(1)16-8(15)10-2/h1-7,11-14H,(H,10,15). The Kier molecular flexibility index (Phi) is 3.27. The van der Waals surface area contributed by atoms with Crippen molar-refractivity contribution < 1.29 is 30.0 Å². The summed E-state index contributed by atoms with van der Waals surface area (Å²) in [6.45, 7) is 0. The SMILES string of the molecule is O=C1NC2C(O)C(O)C(O)C(O1)C2C(O)I. The molecule has 92 valence electrons. The molecule has 1 aliphatic heterocycles. The number of carbonyl (C=O) groups excluding carboxylic acids is 1. The molecule has 7 nitrogen and oxygen atoms in total. The largest absolute Gasteiger partial charge is 0.443 e. The van der Waals surface area contributed by atoms with Crippen LogP contribution in [0.3, 0.4) is 0 Å². The van der Waals surface area contributed by atoms with Crippen LogP contribution in [0, 0.1) is 5.92 Å². The fraction of sp³-hybridized carbons (Fsp3) is 0.875. The Morgan fingerprint density at radius 1 is 1.25 bits per heavy atom. The molecule has 1 aliphatic carbocycles. The number of hydrogen-bond acceptors (Lipinski definition) is 6. The number of ether oxygens (including phenoxy) is 1. The Labute approximate surface area is 105 Å². The lowest BCUT2D eigenvalue weighted by Crippen LogP contribution is -2.72. The lowest BCUT2D eigenvalue weighted by atomic mass is 9.76. The maximum atomic E-state index is 11.1. The molecule has 5 N–H and O–H groups in total. The Morgan fingerprint density at radius 2 is 1.88 bits per heavy atom. The lowest BCUT2D eigenvalue weighted by Gasteiger charge is -2.49. The molecule has 2 rings (SSSR count). The maximum Gasteiger partial charge on any atom is 0.407 e. The van der Waals surface area contributed by atoms with Crippen LogP contribution in [0.5, 0.6) is 0 Å². The van der Waals surface area contributed by atoms with Gasteiger partial charge in [0.15, 0.2) is 0 Å². The van der Waals surface area contributed by atoms with Crippen molar-refractivity contribution >= 4 is 28.7 Å². The Morgan fingerprint density at radius 3 is 2.44 bits per heavy atom. The molecule has 7 unspecified atom stereocenters. The number of rotatable bonds is 1. The molecule has 7 atom stereocenters. The van der Waals surface area contributed by atoms with Crippen LogP contribution in [0.1, 0.15) is 0 Å². The molecule has 1 saturated heterocycles. The third-order valence-corrected chi connectivity index (χ3v) is 3.87. The van der Waals surface area contributed by atoms with Gasteiger partial charge in [0.2, 0.25) is 0 Å². The molecule has 2 fully saturated rings. The highest BCUT2D eigenvalue weighted by atomic mass is 127. The van der Waals surface area contributed by atoms with E-state index in [1.807, 2.05) is 0 Å². The number of halogens is 1. The van der Waals surface area contributed by atoms with Gasteiger partial charge in [0.05, 0.1) is 12.0 Å². The zero-order valence-electron chi connectivity index (χ0n) is 8.02. The molecule has 2 bridgehead atoms. The van der Waals surface area contributed by atoms with Gasteiger partial charge in [-0.3, -0.25) is 0 Å². The number of aliphatic hydroxyl groups excluding tert-OH is 4. The topological polar surface area (TPSA) is 119 Å². The number of carbonyl (C=O) groups is 1. The first kappa shape index (κ1) is 12.3. The molecule has 0 radical (unpaired) electrons. The normalized spacial score (nSPS) is 49.2. The molecule has 1 saturated carbocycles. The fourth-order valence-corrected chi connectivity index (χ4v) is 3.08.